The van der Waals surface area contributed by atoms with Gasteiger partial charge >= 0.3 is 90.4 Å². The summed E-state index contributed by atoms with van der Waals surface area (Å²) in [6.45, 7) is 4.48. The number of carboxylic acids is 1. The third-order valence-electron chi connectivity index (χ3n) is 2.12. The molecule has 96 valence electrons. The molecule has 0 atom stereocenters. The monoisotopic (exact) mass is 448 g/mol. The molecule has 0 spiro atoms. The molecule has 0 aliphatic rings. The Balaban J connectivity index is 0.000000258. The second kappa shape index (κ2) is 8.60. The fourth-order valence-corrected chi connectivity index (χ4v) is 4.81. The van der Waals surface area contributed by atoms with Crippen LogP contribution in [0.4, 0.5) is 0 Å². The molecule has 2 aromatic rings. The molecule has 19 heavy (non-hydrogen) atoms. The van der Waals surface area contributed by atoms with Crippen molar-refractivity contribution in [2.24, 2.45) is 0 Å². The molecule has 0 aliphatic heterocycles. The molecule has 2 nitrogen and oxygen atoms in total. The van der Waals surface area contributed by atoms with Crippen LogP contribution in [0.5, 0.6) is 0 Å². The SMILES string of the molecule is C=C(C)C(=O)[O-].c1cc[c]([Bi+][c]2ccccc2)cc1. The van der Waals surface area contributed by atoms with Gasteiger partial charge in [-0.1, -0.05) is 6.58 Å². The van der Waals surface area contributed by atoms with Gasteiger partial charge in [-0.05, 0) is 12.5 Å². The molecule has 0 N–H and O–H groups in total. The number of rotatable bonds is 3. The van der Waals surface area contributed by atoms with Gasteiger partial charge in [-0.3, -0.25) is 0 Å². The van der Waals surface area contributed by atoms with Gasteiger partial charge < -0.3 is 9.90 Å². The number of hydrogen-bond acceptors (Lipinski definition) is 2. The zero-order valence-corrected chi connectivity index (χ0v) is 14.2. The summed E-state index contributed by atoms with van der Waals surface area (Å²) in [5, 5.41) is 9.49. The van der Waals surface area contributed by atoms with E-state index in [0.29, 0.717) is 0 Å². The van der Waals surface area contributed by atoms with Crippen molar-refractivity contribution < 1.29 is 9.90 Å². The van der Waals surface area contributed by atoms with Crippen LogP contribution in [-0.4, -0.2) is 29.2 Å². The Labute approximate surface area is 125 Å². The number of aliphatic carboxylic acids is 1. The van der Waals surface area contributed by atoms with Crippen molar-refractivity contribution in [2.75, 3.05) is 0 Å². The first kappa shape index (κ1) is 15.6. The van der Waals surface area contributed by atoms with Crippen LogP contribution in [0.15, 0.2) is 72.8 Å². The summed E-state index contributed by atoms with van der Waals surface area (Å²) in [7, 11) is 0. The zero-order valence-electron chi connectivity index (χ0n) is 10.7. The van der Waals surface area contributed by atoms with E-state index >= 15 is 0 Å². The molecule has 0 bridgehead atoms. The summed E-state index contributed by atoms with van der Waals surface area (Å²) in [6.07, 6.45) is 0. The quantitative estimate of drug-likeness (QED) is 0.512. The van der Waals surface area contributed by atoms with Gasteiger partial charge in [0.15, 0.2) is 0 Å². The van der Waals surface area contributed by atoms with Crippen LogP contribution in [0, 0.1) is 0 Å². The van der Waals surface area contributed by atoms with Gasteiger partial charge in [-0.25, -0.2) is 0 Å². The van der Waals surface area contributed by atoms with Crippen molar-refractivity contribution in [3.8, 4) is 0 Å². The van der Waals surface area contributed by atoms with E-state index in [1.807, 2.05) is 0 Å². The number of carbonyl (C=O) groups excluding carboxylic acids is 1. The summed E-state index contributed by atoms with van der Waals surface area (Å²) in [6, 6.07) is 21.6. The van der Waals surface area contributed by atoms with E-state index < -0.39 is 29.2 Å². The van der Waals surface area contributed by atoms with Crippen molar-refractivity contribution in [3.05, 3.63) is 72.8 Å². The maximum atomic E-state index is 9.49. The molecule has 0 aromatic heterocycles. The third kappa shape index (κ3) is 6.88. The van der Waals surface area contributed by atoms with E-state index in [-0.39, 0.29) is 5.57 Å². The first-order valence-corrected chi connectivity index (χ1v) is 9.26. The average Bonchev–Trinajstić information content (AvgIpc) is 2.41. The minimum atomic E-state index is -1.19. The van der Waals surface area contributed by atoms with Gasteiger partial charge in [0.05, 0.1) is 5.97 Å². The van der Waals surface area contributed by atoms with Crippen LogP contribution >= 0.6 is 0 Å². The van der Waals surface area contributed by atoms with E-state index in [4.69, 9.17) is 0 Å². The van der Waals surface area contributed by atoms with Gasteiger partial charge in [0, 0.05) is 0 Å². The molecular formula is C16H15BiO2. The van der Waals surface area contributed by atoms with Gasteiger partial charge in [-0.15, -0.1) is 0 Å². The van der Waals surface area contributed by atoms with Gasteiger partial charge in [0.2, 0.25) is 0 Å². The summed E-state index contributed by atoms with van der Waals surface area (Å²) in [5.74, 6) is -1.19. The Morgan fingerprint density at radius 2 is 1.26 bits per heavy atom. The fourth-order valence-electron chi connectivity index (χ4n) is 1.15. The average molecular weight is 448 g/mol. The number of carbonyl (C=O) groups is 1. The molecule has 0 unspecified atom stereocenters. The van der Waals surface area contributed by atoms with Gasteiger partial charge in [-0.2, -0.15) is 0 Å². The van der Waals surface area contributed by atoms with E-state index in [1.54, 1.807) is 6.54 Å². The van der Waals surface area contributed by atoms with E-state index in [2.05, 4.69) is 67.2 Å². The second-order valence-electron chi connectivity index (χ2n) is 3.85. The Bertz CT molecular complexity index is 471. The molecule has 0 heterocycles. The molecule has 2 aromatic carbocycles. The molecule has 2 rings (SSSR count). The van der Waals surface area contributed by atoms with Crippen LogP contribution in [0.3, 0.4) is 0 Å². The Hall–Kier alpha value is -1.47. The maximum absolute atomic E-state index is 9.49. The number of carboxylic acid groups (broad SMARTS) is 1. The van der Waals surface area contributed by atoms with Crippen molar-refractivity contribution in [2.45, 2.75) is 6.92 Å². The Morgan fingerprint density at radius 3 is 1.53 bits per heavy atom. The van der Waals surface area contributed by atoms with Crippen LogP contribution in [0.25, 0.3) is 0 Å². The predicted octanol–water partition coefficient (Wildman–Crippen LogP) is 0.654. The van der Waals surface area contributed by atoms with Gasteiger partial charge in [0.25, 0.3) is 0 Å². The number of hydrogen-bond donors (Lipinski definition) is 0. The molecule has 3 heteroatoms. The summed E-state index contributed by atoms with van der Waals surface area (Å²) in [4.78, 5) is 9.49. The standard InChI is InChI=1S/2C6H5.C4H6O2.Bi/c2*1-2-4-6-5-3-1;1-3(2)4(5)6;/h2*1-5H;1H2,2H3,(H,5,6);/q;;;+1/p-1. The fraction of sp³-hybridized carbons (Fsp3) is 0.0625. The van der Waals surface area contributed by atoms with Crippen LogP contribution in [0.2, 0.25) is 0 Å². The van der Waals surface area contributed by atoms with Crippen molar-refractivity contribution >= 4 is 35.7 Å². The first-order valence-electron chi connectivity index (χ1n) is 5.78. The van der Waals surface area contributed by atoms with Crippen molar-refractivity contribution in [1.82, 2.24) is 0 Å². The third-order valence-corrected chi connectivity index (χ3v) is 6.44. The number of benzene rings is 2. The van der Waals surface area contributed by atoms with Crippen LogP contribution in [-0.2, 0) is 4.79 Å². The molecule has 0 aliphatic carbocycles. The van der Waals surface area contributed by atoms with E-state index in [1.165, 1.54) is 6.92 Å². The van der Waals surface area contributed by atoms with Crippen LogP contribution in [0.1, 0.15) is 6.92 Å². The molecule has 2 radical (unpaired) electrons. The summed E-state index contributed by atoms with van der Waals surface area (Å²) in [5.41, 5.74) is 0.0648. The molecule has 0 saturated heterocycles. The Morgan fingerprint density at radius 1 is 0.947 bits per heavy atom. The minimum absolute atomic E-state index is 0.0648. The predicted molar refractivity (Wildman–Crippen MR) is 77.7 cm³/mol. The molecule has 0 amide bonds. The topological polar surface area (TPSA) is 40.1 Å². The van der Waals surface area contributed by atoms with E-state index in [0.717, 1.165) is 0 Å². The summed E-state index contributed by atoms with van der Waals surface area (Å²) < 4.78 is 3.10. The first-order chi connectivity index (χ1) is 9.09. The van der Waals surface area contributed by atoms with Gasteiger partial charge in [0.1, 0.15) is 0 Å². The zero-order chi connectivity index (χ0) is 14.1. The van der Waals surface area contributed by atoms with Crippen LogP contribution < -0.4 is 11.6 Å². The molecular weight excluding hydrogens is 433 g/mol. The van der Waals surface area contributed by atoms with Crippen molar-refractivity contribution in [1.29, 1.82) is 0 Å². The second-order valence-corrected chi connectivity index (χ2v) is 8.73. The van der Waals surface area contributed by atoms with E-state index in [9.17, 15) is 9.90 Å². The summed E-state index contributed by atoms with van der Waals surface area (Å²) >= 11 is -0.613. The molecule has 0 fully saturated rings. The molecule has 0 saturated carbocycles. The Kier molecular flexibility index (Phi) is 7.06. The van der Waals surface area contributed by atoms with Crippen molar-refractivity contribution in [3.63, 3.8) is 0 Å². The normalized spacial score (nSPS) is 9.11.